The lowest BCUT2D eigenvalue weighted by molar-refractivity contribution is -0.121. The Kier molecular flexibility index (Phi) is 6.93. The maximum Gasteiger partial charge on any atom is 0.252 e. The Hall–Kier alpha value is -1.50. The summed E-state index contributed by atoms with van der Waals surface area (Å²) in [6, 6.07) is 6.32. The van der Waals surface area contributed by atoms with Gasteiger partial charge < -0.3 is 10.3 Å². The third-order valence-electron chi connectivity index (χ3n) is 3.34. The molecular formula is C15H19ClFN3OS. The summed E-state index contributed by atoms with van der Waals surface area (Å²) in [4.78, 5) is 16.7. The lowest BCUT2D eigenvalue weighted by atomic mass is 10.0. The van der Waals surface area contributed by atoms with Gasteiger partial charge in [0, 0.05) is 23.2 Å². The van der Waals surface area contributed by atoms with E-state index in [0.717, 1.165) is 0 Å². The van der Waals surface area contributed by atoms with E-state index < -0.39 is 0 Å². The highest BCUT2D eigenvalue weighted by molar-refractivity contribution is 7.07. The molecule has 0 saturated heterocycles. The Labute approximate surface area is 138 Å². The zero-order valence-electron chi connectivity index (χ0n) is 12.4. The molecule has 0 spiro atoms. The standard InChI is InChI=1S/C15H18FN3OS.ClH/c1-10(11(2)17)14(20)18-15-19(7-8-21-15)9-12-5-3-4-6-13(12)16;/h3-8,10-11H,9,17H2,1-2H3;1H. The highest BCUT2D eigenvalue weighted by Gasteiger charge is 2.16. The SMILES string of the molecule is CC(N)C(C)C(=O)N=c1sccn1Cc1ccccc1F.Cl. The van der Waals surface area contributed by atoms with Crippen molar-refractivity contribution >= 4 is 29.7 Å². The first kappa shape index (κ1) is 18.5. The molecule has 2 rings (SSSR count). The van der Waals surface area contributed by atoms with Crippen molar-refractivity contribution in [3.8, 4) is 0 Å². The van der Waals surface area contributed by atoms with Gasteiger partial charge in [0.2, 0.25) is 0 Å². The molecule has 120 valence electrons. The van der Waals surface area contributed by atoms with Crippen LogP contribution in [0.15, 0.2) is 40.8 Å². The van der Waals surface area contributed by atoms with Crippen LogP contribution in [-0.2, 0) is 11.3 Å². The zero-order chi connectivity index (χ0) is 15.4. The number of aromatic nitrogens is 1. The van der Waals surface area contributed by atoms with Crippen molar-refractivity contribution in [1.29, 1.82) is 0 Å². The van der Waals surface area contributed by atoms with Crippen LogP contribution in [0.3, 0.4) is 0 Å². The molecule has 1 heterocycles. The Morgan fingerprint density at radius 3 is 2.73 bits per heavy atom. The Morgan fingerprint density at radius 2 is 2.09 bits per heavy atom. The van der Waals surface area contributed by atoms with Crippen molar-refractivity contribution < 1.29 is 9.18 Å². The molecule has 1 aromatic carbocycles. The van der Waals surface area contributed by atoms with Crippen LogP contribution in [0.4, 0.5) is 4.39 Å². The van der Waals surface area contributed by atoms with Gasteiger partial charge in [-0.2, -0.15) is 4.99 Å². The minimum absolute atomic E-state index is 0. The van der Waals surface area contributed by atoms with Crippen molar-refractivity contribution in [2.75, 3.05) is 0 Å². The number of rotatable bonds is 4. The molecule has 0 aliphatic heterocycles. The number of thiazole rings is 1. The molecule has 22 heavy (non-hydrogen) atoms. The number of carbonyl (C=O) groups excluding carboxylic acids is 1. The van der Waals surface area contributed by atoms with Crippen LogP contribution < -0.4 is 10.5 Å². The second-order valence-corrected chi connectivity index (χ2v) is 5.88. The zero-order valence-corrected chi connectivity index (χ0v) is 14.0. The van der Waals surface area contributed by atoms with E-state index >= 15 is 0 Å². The van der Waals surface area contributed by atoms with Crippen molar-refractivity contribution in [2.24, 2.45) is 16.6 Å². The van der Waals surface area contributed by atoms with Crippen LogP contribution in [0.1, 0.15) is 19.4 Å². The monoisotopic (exact) mass is 343 g/mol. The van der Waals surface area contributed by atoms with Gasteiger partial charge in [0.25, 0.3) is 5.91 Å². The molecule has 2 unspecified atom stereocenters. The van der Waals surface area contributed by atoms with Gasteiger partial charge in [-0.1, -0.05) is 25.1 Å². The highest BCUT2D eigenvalue weighted by Crippen LogP contribution is 2.08. The van der Waals surface area contributed by atoms with Crippen LogP contribution in [0, 0.1) is 11.7 Å². The summed E-state index contributed by atoms with van der Waals surface area (Å²) in [7, 11) is 0. The third kappa shape index (κ3) is 4.50. The first-order valence-electron chi connectivity index (χ1n) is 6.70. The van der Waals surface area contributed by atoms with Gasteiger partial charge in [-0.15, -0.1) is 23.7 Å². The van der Waals surface area contributed by atoms with E-state index in [1.165, 1.54) is 17.4 Å². The quantitative estimate of drug-likeness (QED) is 0.927. The molecule has 1 aromatic heterocycles. The minimum Gasteiger partial charge on any atom is -0.327 e. The predicted octanol–water partition coefficient (Wildman–Crippen LogP) is 2.57. The minimum atomic E-state index is -0.339. The average Bonchev–Trinajstić information content (AvgIpc) is 2.87. The summed E-state index contributed by atoms with van der Waals surface area (Å²) < 4.78 is 15.4. The molecule has 4 nitrogen and oxygen atoms in total. The van der Waals surface area contributed by atoms with Gasteiger partial charge in [0.15, 0.2) is 4.80 Å². The van der Waals surface area contributed by atoms with Crippen LogP contribution in [-0.4, -0.2) is 16.5 Å². The third-order valence-corrected chi connectivity index (χ3v) is 4.14. The number of carbonyl (C=O) groups is 1. The predicted molar refractivity (Wildman–Crippen MR) is 88.4 cm³/mol. The summed E-state index contributed by atoms with van der Waals surface area (Å²) in [5.41, 5.74) is 6.27. The van der Waals surface area contributed by atoms with E-state index in [9.17, 15) is 9.18 Å². The summed E-state index contributed by atoms with van der Waals surface area (Å²) in [6.45, 7) is 3.88. The topological polar surface area (TPSA) is 60.4 Å². The molecule has 0 bridgehead atoms. The number of nitrogens with zero attached hydrogens (tertiary/aromatic N) is 2. The maximum absolute atomic E-state index is 13.7. The lowest BCUT2D eigenvalue weighted by Gasteiger charge is -2.10. The fourth-order valence-corrected chi connectivity index (χ4v) is 2.47. The highest BCUT2D eigenvalue weighted by atomic mass is 35.5. The Balaban J connectivity index is 0.00000242. The van der Waals surface area contributed by atoms with Gasteiger partial charge in [-0.05, 0) is 13.0 Å². The molecule has 2 N–H and O–H groups in total. The van der Waals surface area contributed by atoms with Crippen LogP contribution in [0.2, 0.25) is 0 Å². The molecule has 2 aromatic rings. The number of halogens is 2. The summed E-state index contributed by atoms with van der Waals surface area (Å²) in [6.07, 6.45) is 1.79. The molecule has 7 heteroatoms. The van der Waals surface area contributed by atoms with E-state index in [2.05, 4.69) is 4.99 Å². The van der Waals surface area contributed by atoms with E-state index in [0.29, 0.717) is 16.9 Å². The van der Waals surface area contributed by atoms with Gasteiger partial charge in [-0.3, -0.25) is 4.79 Å². The first-order chi connectivity index (χ1) is 9.99. The molecular weight excluding hydrogens is 325 g/mol. The van der Waals surface area contributed by atoms with Crippen molar-refractivity contribution in [3.05, 3.63) is 52.0 Å². The summed E-state index contributed by atoms with van der Waals surface area (Å²) >= 11 is 1.34. The Bertz CT molecular complexity index is 696. The summed E-state index contributed by atoms with van der Waals surface area (Å²) in [5.74, 6) is -0.860. The fraction of sp³-hybridized carbons (Fsp3) is 0.333. The van der Waals surface area contributed by atoms with Crippen molar-refractivity contribution in [3.63, 3.8) is 0 Å². The molecule has 1 amide bonds. The smallest absolute Gasteiger partial charge is 0.252 e. The summed E-state index contributed by atoms with van der Waals surface area (Å²) in [5, 5.41) is 1.82. The molecule has 0 radical (unpaired) electrons. The van der Waals surface area contributed by atoms with Crippen LogP contribution >= 0.6 is 23.7 Å². The van der Waals surface area contributed by atoms with E-state index in [1.807, 2.05) is 5.38 Å². The normalized spacial score (nSPS) is 14.3. The van der Waals surface area contributed by atoms with Gasteiger partial charge in [0.05, 0.1) is 12.5 Å². The molecule has 0 aliphatic rings. The number of hydrogen-bond acceptors (Lipinski definition) is 3. The molecule has 0 fully saturated rings. The molecule has 2 atom stereocenters. The fourth-order valence-electron chi connectivity index (χ4n) is 1.74. The number of benzene rings is 1. The van der Waals surface area contributed by atoms with Gasteiger partial charge >= 0.3 is 0 Å². The second kappa shape index (κ2) is 8.22. The average molecular weight is 344 g/mol. The maximum atomic E-state index is 13.7. The van der Waals surface area contributed by atoms with Crippen LogP contribution in [0.5, 0.6) is 0 Å². The van der Waals surface area contributed by atoms with E-state index in [-0.39, 0.29) is 36.1 Å². The second-order valence-electron chi connectivity index (χ2n) is 5.00. The number of amides is 1. The lowest BCUT2D eigenvalue weighted by Crippen LogP contribution is -2.31. The number of nitrogens with two attached hydrogens (primary N) is 1. The van der Waals surface area contributed by atoms with Crippen molar-refractivity contribution in [1.82, 2.24) is 4.57 Å². The molecule has 0 aliphatic carbocycles. The number of hydrogen-bond donors (Lipinski definition) is 1. The van der Waals surface area contributed by atoms with E-state index in [1.54, 1.807) is 42.8 Å². The largest absolute Gasteiger partial charge is 0.327 e. The molecule has 0 saturated carbocycles. The van der Waals surface area contributed by atoms with Gasteiger partial charge in [-0.25, -0.2) is 4.39 Å². The van der Waals surface area contributed by atoms with E-state index in [4.69, 9.17) is 5.73 Å². The first-order valence-corrected chi connectivity index (χ1v) is 7.58. The van der Waals surface area contributed by atoms with Crippen molar-refractivity contribution in [2.45, 2.75) is 26.4 Å². The van der Waals surface area contributed by atoms with Crippen LogP contribution in [0.25, 0.3) is 0 Å². The Morgan fingerprint density at radius 1 is 1.41 bits per heavy atom. The van der Waals surface area contributed by atoms with Gasteiger partial charge in [0.1, 0.15) is 5.82 Å².